The van der Waals surface area contributed by atoms with Crippen molar-refractivity contribution < 1.29 is 13.5 Å². The Hall–Kier alpha value is -1.81. The molecule has 0 aromatic heterocycles. The van der Waals surface area contributed by atoms with Crippen LogP contribution in [0.15, 0.2) is 42.5 Å². The molecule has 5 heteroatoms. The second-order valence-electron chi connectivity index (χ2n) is 6.76. The number of benzene rings is 2. The van der Waals surface area contributed by atoms with Crippen LogP contribution in [0.2, 0.25) is 5.02 Å². The summed E-state index contributed by atoms with van der Waals surface area (Å²) >= 11 is 6.04. The van der Waals surface area contributed by atoms with Gasteiger partial charge in [0.25, 0.3) is 5.92 Å². The van der Waals surface area contributed by atoms with Crippen molar-refractivity contribution in [2.45, 2.75) is 33.1 Å². The highest BCUT2D eigenvalue weighted by atomic mass is 35.5. The number of nitrogens with two attached hydrogens (primary N) is 1. The summed E-state index contributed by atoms with van der Waals surface area (Å²) in [5, 5.41) is 0.330. The van der Waals surface area contributed by atoms with Crippen molar-refractivity contribution in [2.75, 3.05) is 5.73 Å². The molecule has 2 rings (SSSR count). The Labute approximate surface area is 140 Å². The quantitative estimate of drug-likeness (QED) is 0.669. The molecule has 0 radical (unpaired) electrons. The highest BCUT2D eigenvalue weighted by Crippen LogP contribution is 2.41. The number of rotatable bonds is 4. The van der Waals surface area contributed by atoms with E-state index >= 15 is 0 Å². The monoisotopic (exact) mass is 339 g/mol. The molecule has 0 aliphatic rings. The summed E-state index contributed by atoms with van der Waals surface area (Å²) in [5.41, 5.74) is 5.57. The molecule has 0 heterocycles. The summed E-state index contributed by atoms with van der Waals surface area (Å²) in [4.78, 5) is 0. The first-order chi connectivity index (χ1) is 10.6. The normalized spacial score (nSPS) is 12.3. The maximum absolute atomic E-state index is 14.4. The van der Waals surface area contributed by atoms with Gasteiger partial charge in [-0.2, -0.15) is 0 Å². The molecule has 2 nitrogen and oxygen atoms in total. The van der Waals surface area contributed by atoms with Gasteiger partial charge in [0.05, 0.1) is 5.02 Å². The third-order valence-corrected chi connectivity index (χ3v) is 3.49. The molecule has 124 valence electrons. The van der Waals surface area contributed by atoms with Crippen LogP contribution in [0.5, 0.6) is 11.5 Å². The molecule has 0 fully saturated rings. The number of hydrogen-bond donors (Lipinski definition) is 1. The molecule has 0 aliphatic carbocycles. The Kier molecular flexibility index (Phi) is 4.85. The zero-order valence-electron chi connectivity index (χ0n) is 13.4. The van der Waals surface area contributed by atoms with Crippen LogP contribution in [0.25, 0.3) is 0 Å². The largest absolute Gasteiger partial charge is 0.456 e. The number of nitrogen functional groups attached to an aromatic ring is 1. The summed E-state index contributed by atoms with van der Waals surface area (Å²) in [7, 11) is 0. The summed E-state index contributed by atoms with van der Waals surface area (Å²) < 4.78 is 34.4. The van der Waals surface area contributed by atoms with Gasteiger partial charge in [0, 0.05) is 17.7 Å². The van der Waals surface area contributed by atoms with Crippen molar-refractivity contribution in [1.29, 1.82) is 0 Å². The van der Waals surface area contributed by atoms with E-state index in [2.05, 4.69) is 0 Å². The van der Waals surface area contributed by atoms with Gasteiger partial charge in [-0.3, -0.25) is 0 Å². The number of ether oxygens (including phenoxy) is 1. The molecule has 0 unspecified atom stereocenters. The predicted octanol–water partition coefficient (Wildman–Crippen LogP) is 6.24. The molecular weight excluding hydrogens is 320 g/mol. The van der Waals surface area contributed by atoms with Crippen molar-refractivity contribution in [3.8, 4) is 11.5 Å². The standard InChI is InChI=1S/C18H20ClF2NO/c1-17(2,3)11-18(20,21)12-5-4-6-14(9-12)23-16-8-7-13(22)10-15(16)19/h4-10H,11,22H2,1-3H3. The number of anilines is 1. The summed E-state index contributed by atoms with van der Waals surface area (Å²) in [5.74, 6) is -2.25. The lowest BCUT2D eigenvalue weighted by Gasteiger charge is -2.26. The second kappa shape index (κ2) is 6.36. The van der Waals surface area contributed by atoms with Crippen molar-refractivity contribution in [2.24, 2.45) is 5.41 Å². The van der Waals surface area contributed by atoms with Crippen LogP contribution in [0.3, 0.4) is 0 Å². The van der Waals surface area contributed by atoms with Gasteiger partial charge in [-0.25, -0.2) is 8.78 Å². The zero-order valence-corrected chi connectivity index (χ0v) is 14.1. The first kappa shape index (κ1) is 17.5. The van der Waals surface area contributed by atoms with E-state index in [9.17, 15) is 8.78 Å². The van der Waals surface area contributed by atoms with Crippen LogP contribution >= 0.6 is 11.6 Å². The fourth-order valence-electron chi connectivity index (χ4n) is 2.28. The van der Waals surface area contributed by atoms with Gasteiger partial charge in [0.2, 0.25) is 0 Å². The van der Waals surface area contributed by atoms with Crippen molar-refractivity contribution in [3.05, 3.63) is 53.1 Å². The lowest BCUT2D eigenvalue weighted by atomic mass is 9.86. The molecule has 2 N–H and O–H groups in total. The molecule has 0 atom stereocenters. The van der Waals surface area contributed by atoms with Crippen molar-refractivity contribution >= 4 is 17.3 Å². The van der Waals surface area contributed by atoms with Crippen LogP contribution in [0.1, 0.15) is 32.8 Å². The van der Waals surface area contributed by atoms with E-state index < -0.39 is 11.3 Å². The lowest BCUT2D eigenvalue weighted by Crippen LogP contribution is -2.22. The Balaban J connectivity index is 2.26. The van der Waals surface area contributed by atoms with E-state index in [-0.39, 0.29) is 12.0 Å². The fourth-order valence-corrected chi connectivity index (χ4v) is 2.51. The molecule has 0 spiro atoms. The zero-order chi connectivity index (χ0) is 17.3. The van der Waals surface area contributed by atoms with Crippen LogP contribution in [0, 0.1) is 5.41 Å². The van der Waals surface area contributed by atoms with Crippen LogP contribution in [-0.4, -0.2) is 0 Å². The molecule has 23 heavy (non-hydrogen) atoms. The van der Waals surface area contributed by atoms with Crippen molar-refractivity contribution in [3.63, 3.8) is 0 Å². The predicted molar refractivity (Wildman–Crippen MR) is 90.3 cm³/mol. The summed E-state index contributed by atoms with van der Waals surface area (Å²) in [6.45, 7) is 5.36. The molecule has 2 aromatic carbocycles. The topological polar surface area (TPSA) is 35.2 Å². The highest BCUT2D eigenvalue weighted by molar-refractivity contribution is 6.32. The van der Waals surface area contributed by atoms with E-state index in [4.69, 9.17) is 22.1 Å². The molecule has 0 saturated carbocycles. The Morgan fingerprint density at radius 2 is 1.78 bits per heavy atom. The van der Waals surface area contributed by atoms with E-state index in [0.717, 1.165) is 0 Å². The average molecular weight is 340 g/mol. The Morgan fingerprint density at radius 1 is 1.09 bits per heavy atom. The van der Waals surface area contributed by atoms with Gasteiger partial charge in [-0.05, 0) is 35.7 Å². The Morgan fingerprint density at radius 3 is 2.39 bits per heavy atom. The van der Waals surface area contributed by atoms with Crippen molar-refractivity contribution in [1.82, 2.24) is 0 Å². The van der Waals surface area contributed by atoms with Gasteiger partial charge >= 0.3 is 0 Å². The SMILES string of the molecule is CC(C)(C)CC(F)(F)c1cccc(Oc2ccc(N)cc2Cl)c1. The van der Waals surface area contributed by atoms with Gasteiger partial charge in [0.15, 0.2) is 0 Å². The third kappa shape index (κ3) is 4.83. The van der Waals surface area contributed by atoms with Gasteiger partial charge < -0.3 is 10.5 Å². The first-order valence-electron chi connectivity index (χ1n) is 7.28. The van der Waals surface area contributed by atoms with E-state index in [1.807, 2.05) is 0 Å². The first-order valence-corrected chi connectivity index (χ1v) is 7.66. The minimum Gasteiger partial charge on any atom is -0.456 e. The van der Waals surface area contributed by atoms with Crippen LogP contribution in [0.4, 0.5) is 14.5 Å². The molecule has 2 aromatic rings. The summed E-state index contributed by atoms with van der Waals surface area (Å²) in [6, 6.07) is 10.7. The minimum atomic E-state index is -2.93. The number of alkyl halides is 2. The molecular formula is C18H20ClF2NO. The minimum absolute atomic E-state index is 0.0727. The van der Waals surface area contributed by atoms with E-state index in [1.165, 1.54) is 12.1 Å². The highest BCUT2D eigenvalue weighted by Gasteiger charge is 2.36. The third-order valence-electron chi connectivity index (χ3n) is 3.19. The van der Waals surface area contributed by atoms with E-state index in [1.54, 1.807) is 51.1 Å². The molecule has 0 saturated heterocycles. The van der Waals surface area contributed by atoms with E-state index in [0.29, 0.717) is 22.2 Å². The number of hydrogen-bond acceptors (Lipinski definition) is 2. The second-order valence-corrected chi connectivity index (χ2v) is 7.17. The molecule has 0 bridgehead atoms. The maximum Gasteiger partial charge on any atom is 0.273 e. The smallest absolute Gasteiger partial charge is 0.273 e. The van der Waals surface area contributed by atoms with Gasteiger partial charge in [-0.1, -0.05) is 44.5 Å². The average Bonchev–Trinajstić information content (AvgIpc) is 2.40. The maximum atomic E-state index is 14.4. The fraction of sp³-hybridized carbons (Fsp3) is 0.333. The lowest BCUT2D eigenvalue weighted by molar-refractivity contribution is -0.0418. The molecule has 0 aliphatic heterocycles. The van der Waals surface area contributed by atoms with Gasteiger partial charge in [-0.15, -0.1) is 0 Å². The number of halogens is 3. The molecule has 0 amide bonds. The van der Waals surface area contributed by atoms with Gasteiger partial charge in [0.1, 0.15) is 11.5 Å². The summed E-state index contributed by atoms with van der Waals surface area (Å²) in [6.07, 6.45) is -0.244. The Bertz CT molecular complexity index is 696. The van der Waals surface area contributed by atoms with Crippen LogP contribution < -0.4 is 10.5 Å². The van der Waals surface area contributed by atoms with Crippen LogP contribution in [-0.2, 0) is 5.92 Å².